The van der Waals surface area contributed by atoms with E-state index in [-0.39, 0.29) is 11.5 Å². The SMILES string of the molecule is N#Cc1ccc(C(=O)C2(c3nc(C(=O)O)cs3)C=CC=N2)cc1. The molecule has 0 bridgehead atoms. The Kier molecular flexibility index (Phi) is 3.60. The molecular weight excluding hydrogens is 314 g/mol. The van der Waals surface area contributed by atoms with Gasteiger partial charge in [-0.05, 0) is 36.4 Å². The van der Waals surface area contributed by atoms with E-state index in [0.29, 0.717) is 16.1 Å². The summed E-state index contributed by atoms with van der Waals surface area (Å²) in [6.45, 7) is 0. The van der Waals surface area contributed by atoms with Crippen LogP contribution in [-0.4, -0.2) is 28.1 Å². The number of hydrogen-bond acceptors (Lipinski definition) is 6. The minimum Gasteiger partial charge on any atom is -0.476 e. The van der Waals surface area contributed by atoms with Crippen LogP contribution in [0, 0.1) is 11.3 Å². The molecule has 1 N–H and O–H groups in total. The molecule has 6 nitrogen and oxygen atoms in total. The summed E-state index contributed by atoms with van der Waals surface area (Å²) in [6, 6.07) is 8.19. The van der Waals surface area contributed by atoms with E-state index in [1.54, 1.807) is 36.4 Å². The number of hydrogen-bond donors (Lipinski definition) is 1. The molecule has 0 spiro atoms. The fourth-order valence-corrected chi connectivity index (χ4v) is 3.13. The summed E-state index contributed by atoms with van der Waals surface area (Å²) in [7, 11) is 0. The number of aromatic carboxylic acids is 1. The minimum atomic E-state index is -1.34. The van der Waals surface area contributed by atoms with E-state index >= 15 is 0 Å². The van der Waals surface area contributed by atoms with Crippen LogP contribution >= 0.6 is 11.3 Å². The lowest BCUT2D eigenvalue weighted by atomic mass is 9.90. The molecule has 0 radical (unpaired) electrons. The standard InChI is InChI=1S/C16H9N3O3S/c17-8-10-2-4-11(5-3-10)13(20)16(6-1-7-18-16)15-19-12(9-23-15)14(21)22/h1-7,9H,(H,21,22). The van der Waals surface area contributed by atoms with E-state index in [1.165, 1.54) is 11.6 Å². The molecule has 0 saturated carbocycles. The van der Waals surface area contributed by atoms with Gasteiger partial charge < -0.3 is 5.11 Å². The maximum atomic E-state index is 12.9. The molecular formula is C16H9N3O3S. The monoisotopic (exact) mass is 323 g/mol. The van der Waals surface area contributed by atoms with Gasteiger partial charge in [0.15, 0.2) is 11.2 Å². The Morgan fingerprint density at radius 1 is 1.26 bits per heavy atom. The second kappa shape index (κ2) is 5.59. The smallest absolute Gasteiger partial charge is 0.355 e. The molecule has 2 aromatic rings. The van der Waals surface area contributed by atoms with Crippen LogP contribution in [0.3, 0.4) is 0 Å². The van der Waals surface area contributed by atoms with Gasteiger partial charge in [-0.2, -0.15) is 5.26 Å². The van der Waals surface area contributed by atoms with Crippen molar-refractivity contribution in [3.05, 3.63) is 63.6 Å². The minimum absolute atomic E-state index is 0.118. The zero-order valence-corrected chi connectivity index (χ0v) is 12.4. The van der Waals surface area contributed by atoms with Crippen molar-refractivity contribution < 1.29 is 14.7 Å². The number of rotatable bonds is 4. The number of carboxylic acids is 1. The normalized spacial score (nSPS) is 18.7. The molecule has 1 aliphatic heterocycles. The van der Waals surface area contributed by atoms with Crippen LogP contribution in [0.1, 0.15) is 31.4 Å². The third kappa shape index (κ3) is 2.45. The Morgan fingerprint density at radius 2 is 2.00 bits per heavy atom. The molecule has 1 unspecified atom stereocenters. The van der Waals surface area contributed by atoms with E-state index in [0.717, 1.165) is 11.3 Å². The first-order chi connectivity index (χ1) is 11.1. The molecule has 112 valence electrons. The highest BCUT2D eigenvalue weighted by atomic mass is 32.1. The van der Waals surface area contributed by atoms with Crippen LogP contribution in [-0.2, 0) is 5.54 Å². The van der Waals surface area contributed by atoms with Gasteiger partial charge in [0.25, 0.3) is 0 Å². The van der Waals surface area contributed by atoms with E-state index in [9.17, 15) is 9.59 Å². The zero-order valence-electron chi connectivity index (χ0n) is 11.6. The quantitative estimate of drug-likeness (QED) is 0.870. The number of carboxylic acid groups (broad SMARTS) is 1. The van der Waals surface area contributed by atoms with Crippen molar-refractivity contribution in [1.82, 2.24) is 4.98 Å². The third-order valence-electron chi connectivity index (χ3n) is 3.37. The fraction of sp³-hybridized carbons (Fsp3) is 0.0625. The van der Waals surface area contributed by atoms with Crippen molar-refractivity contribution >= 4 is 29.3 Å². The van der Waals surface area contributed by atoms with Crippen molar-refractivity contribution in [3.63, 3.8) is 0 Å². The second-order valence-electron chi connectivity index (χ2n) is 4.76. The lowest BCUT2D eigenvalue weighted by Gasteiger charge is -2.20. The van der Waals surface area contributed by atoms with Gasteiger partial charge in [0, 0.05) is 17.2 Å². The molecule has 1 atom stereocenters. The average Bonchev–Trinajstić information content (AvgIpc) is 3.24. The number of nitriles is 1. The third-order valence-corrected chi connectivity index (χ3v) is 4.34. The number of allylic oxidation sites excluding steroid dienone is 1. The molecule has 0 amide bonds. The van der Waals surface area contributed by atoms with E-state index in [4.69, 9.17) is 10.4 Å². The summed E-state index contributed by atoms with van der Waals surface area (Å²) < 4.78 is 0. The van der Waals surface area contributed by atoms with Crippen molar-refractivity contribution in [2.45, 2.75) is 5.54 Å². The van der Waals surface area contributed by atoms with Crippen LogP contribution in [0.25, 0.3) is 0 Å². The predicted molar refractivity (Wildman–Crippen MR) is 83.9 cm³/mol. The summed E-state index contributed by atoms with van der Waals surface area (Å²) in [5.74, 6) is -1.47. The molecule has 23 heavy (non-hydrogen) atoms. The van der Waals surface area contributed by atoms with Gasteiger partial charge >= 0.3 is 5.97 Å². The lowest BCUT2D eigenvalue weighted by molar-refractivity contribution is 0.0690. The molecule has 3 rings (SSSR count). The Bertz CT molecular complexity index is 876. The van der Waals surface area contributed by atoms with Crippen molar-refractivity contribution in [3.8, 4) is 6.07 Å². The maximum absolute atomic E-state index is 12.9. The largest absolute Gasteiger partial charge is 0.476 e. The highest BCUT2D eigenvalue weighted by molar-refractivity contribution is 7.10. The van der Waals surface area contributed by atoms with E-state index in [1.807, 2.05) is 6.07 Å². The summed E-state index contributed by atoms with van der Waals surface area (Å²) in [4.78, 5) is 32.2. The van der Waals surface area contributed by atoms with Crippen LogP contribution in [0.5, 0.6) is 0 Å². The van der Waals surface area contributed by atoms with Crippen LogP contribution in [0.2, 0.25) is 0 Å². The molecule has 1 aromatic heterocycles. The van der Waals surface area contributed by atoms with Crippen LogP contribution in [0.4, 0.5) is 0 Å². The topological polar surface area (TPSA) is 103 Å². The fourth-order valence-electron chi connectivity index (χ4n) is 2.21. The van der Waals surface area contributed by atoms with Crippen molar-refractivity contribution in [2.24, 2.45) is 4.99 Å². The highest BCUT2D eigenvalue weighted by Crippen LogP contribution is 2.36. The summed E-state index contributed by atoms with van der Waals surface area (Å²) in [5.41, 5.74) is -0.636. The van der Waals surface area contributed by atoms with Gasteiger partial charge in [0.05, 0.1) is 11.6 Å². The van der Waals surface area contributed by atoms with E-state index < -0.39 is 11.5 Å². The number of benzene rings is 1. The number of ketones is 1. The number of nitrogens with zero attached hydrogens (tertiary/aromatic N) is 3. The number of thiazole rings is 1. The summed E-state index contributed by atoms with van der Waals surface area (Å²) >= 11 is 1.07. The molecule has 2 heterocycles. The average molecular weight is 323 g/mol. The maximum Gasteiger partial charge on any atom is 0.355 e. The predicted octanol–water partition coefficient (Wildman–Crippen LogP) is 2.43. The van der Waals surface area contributed by atoms with Gasteiger partial charge in [0.1, 0.15) is 5.01 Å². The Hall–Kier alpha value is -3.11. The van der Waals surface area contributed by atoms with Gasteiger partial charge in [-0.15, -0.1) is 11.3 Å². The van der Waals surface area contributed by atoms with E-state index in [2.05, 4.69) is 9.98 Å². The molecule has 7 heteroatoms. The Morgan fingerprint density at radius 3 is 2.52 bits per heavy atom. The van der Waals surface area contributed by atoms with Gasteiger partial charge in [-0.25, -0.2) is 9.78 Å². The van der Waals surface area contributed by atoms with Crippen molar-refractivity contribution in [1.29, 1.82) is 5.26 Å². The molecule has 1 aromatic carbocycles. The molecule has 1 aliphatic rings. The first-order valence-corrected chi connectivity index (χ1v) is 7.42. The van der Waals surface area contributed by atoms with Crippen LogP contribution < -0.4 is 0 Å². The lowest BCUT2D eigenvalue weighted by Crippen LogP contribution is -2.30. The Labute approximate surface area is 135 Å². The highest BCUT2D eigenvalue weighted by Gasteiger charge is 2.42. The number of Topliss-reactive ketones (excluding diaryl/α,β-unsaturated/α-hetero) is 1. The molecule has 0 saturated heterocycles. The number of carbonyl (C=O) groups excluding carboxylic acids is 1. The molecule has 0 aliphatic carbocycles. The van der Waals surface area contributed by atoms with Gasteiger partial charge in [-0.1, -0.05) is 0 Å². The summed E-state index contributed by atoms with van der Waals surface area (Å²) in [5, 5.41) is 19.5. The van der Waals surface area contributed by atoms with Gasteiger partial charge in [0.2, 0.25) is 5.78 Å². The number of aromatic nitrogens is 1. The Balaban J connectivity index is 2.05. The van der Waals surface area contributed by atoms with Crippen molar-refractivity contribution in [2.75, 3.05) is 0 Å². The number of carbonyl (C=O) groups is 2. The second-order valence-corrected chi connectivity index (χ2v) is 5.62. The number of aliphatic imine (C=N–C) groups is 1. The molecule has 0 fully saturated rings. The summed E-state index contributed by atoms with van der Waals surface area (Å²) in [6.07, 6.45) is 4.71. The van der Waals surface area contributed by atoms with Gasteiger partial charge in [-0.3, -0.25) is 9.79 Å². The first-order valence-electron chi connectivity index (χ1n) is 6.54. The zero-order chi connectivity index (χ0) is 16.4. The first kappa shape index (κ1) is 14.8. The van der Waals surface area contributed by atoms with Crippen LogP contribution in [0.15, 0.2) is 46.8 Å².